The molecular formula is C13H11F2NO4. The Kier molecular flexibility index (Phi) is 4.19. The van der Waals surface area contributed by atoms with Gasteiger partial charge < -0.3 is 19.6 Å². The first-order valence-electron chi connectivity index (χ1n) is 5.64. The van der Waals surface area contributed by atoms with E-state index in [4.69, 9.17) is 9.52 Å². The van der Waals surface area contributed by atoms with Crippen molar-refractivity contribution in [3.8, 4) is 5.75 Å². The highest BCUT2D eigenvalue weighted by Gasteiger charge is 2.12. The zero-order valence-electron chi connectivity index (χ0n) is 10.2. The fourth-order valence-corrected chi connectivity index (χ4v) is 1.60. The number of carboxylic acid groups (broad SMARTS) is 1. The van der Waals surface area contributed by atoms with Gasteiger partial charge in [-0.2, -0.15) is 8.78 Å². The van der Waals surface area contributed by atoms with Crippen molar-refractivity contribution < 1.29 is 27.8 Å². The van der Waals surface area contributed by atoms with Crippen molar-refractivity contribution >= 4 is 11.7 Å². The number of aromatic carboxylic acids is 1. The number of rotatable bonds is 6. The Labute approximate surface area is 112 Å². The molecule has 0 saturated heterocycles. The Bertz CT molecular complexity index is 580. The fraction of sp³-hybridized carbons (Fsp3) is 0.154. The van der Waals surface area contributed by atoms with Gasteiger partial charge in [-0.15, -0.1) is 0 Å². The molecule has 0 fully saturated rings. The van der Waals surface area contributed by atoms with Gasteiger partial charge in [0.25, 0.3) is 0 Å². The topological polar surface area (TPSA) is 71.7 Å². The predicted molar refractivity (Wildman–Crippen MR) is 66.1 cm³/mol. The largest absolute Gasteiger partial charge is 0.478 e. The molecule has 0 aliphatic heterocycles. The summed E-state index contributed by atoms with van der Waals surface area (Å²) in [7, 11) is 0. The average Bonchev–Trinajstić information content (AvgIpc) is 2.86. The van der Waals surface area contributed by atoms with E-state index in [0.29, 0.717) is 5.69 Å². The number of furan rings is 1. The number of nitrogens with one attached hydrogen (secondary N) is 1. The number of benzene rings is 1. The zero-order valence-corrected chi connectivity index (χ0v) is 10.2. The van der Waals surface area contributed by atoms with E-state index >= 15 is 0 Å². The van der Waals surface area contributed by atoms with E-state index in [2.05, 4.69) is 10.1 Å². The summed E-state index contributed by atoms with van der Waals surface area (Å²) >= 11 is 0. The zero-order chi connectivity index (χ0) is 14.5. The van der Waals surface area contributed by atoms with Crippen molar-refractivity contribution in [1.82, 2.24) is 0 Å². The van der Waals surface area contributed by atoms with E-state index < -0.39 is 12.6 Å². The quantitative estimate of drug-likeness (QED) is 0.851. The Morgan fingerprint density at radius 1 is 1.30 bits per heavy atom. The van der Waals surface area contributed by atoms with Crippen LogP contribution in [0.5, 0.6) is 5.75 Å². The standard InChI is InChI=1S/C13H11F2NO4/c14-13(15)20-9-3-1-8(2-4-9)16-7-11-10(12(17)18)5-6-19-11/h1-6,13,16H,7H2,(H,17,18). The maximum absolute atomic E-state index is 12.0. The minimum absolute atomic E-state index is 0.0507. The lowest BCUT2D eigenvalue weighted by Gasteiger charge is -2.07. The van der Waals surface area contributed by atoms with Crippen LogP contribution >= 0.6 is 0 Å². The maximum Gasteiger partial charge on any atom is 0.387 e. The molecule has 20 heavy (non-hydrogen) atoms. The van der Waals surface area contributed by atoms with Crippen LogP contribution in [0.25, 0.3) is 0 Å². The monoisotopic (exact) mass is 283 g/mol. The van der Waals surface area contributed by atoms with Crippen LogP contribution in [0.15, 0.2) is 41.0 Å². The number of halogens is 2. The van der Waals surface area contributed by atoms with Gasteiger partial charge in [0.2, 0.25) is 0 Å². The second-order valence-corrected chi connectivity index (χ2v) is 3.82. The molecule has 0 aliphatic rings. The third-order valence-electron chi connectivity index (χ3n) is 2.51. The van der Waals surface area contributed by atoms with Crippen molar-refractivity contribution in [1.29, 1.82) is 0 Å². The normalized spacial score (nSPS) is 10.6. The molecule has 2 aromatic rings. The van der Waals surface area contributed by atoms with E-state index in [9.17, 15) is 13.6 Å². The van der Waals surface area contributed by atoms with Crippen molar-refractivity contribution in [2.24, 2.45) is 0 Å². The van der Waals surface area contributed by atoms with Gasteiger partial charge in [0.05, 0.1) is 12.8 Å². The molecule has 7 heteroatoms. The molecule has 1 heterocycles. The summed E-state index contributed by atoms with van der Waals surface area (Å²) in [5.74, 6) is -0.739. The lowest BCUT2D eigenvalue weighted by atomic mass is 10.2. The summed E-state index contributed by atoms with van der Waals surface area (Å²) in [6.07, 6.45) is 1.29. The minimum Gasteiger partial charge on any atom is -0.478 e. The van der Waals surface area contributed by atoms with E-state index in [-0.39, 0.29) is 23.6 Å². The molecule has 0 spiro atoms. The maximum atomic E-state index is 12.0. The Morgan fingerprint density at radius 2 is 2.00 bits per heavy atom. The summed E-state index contributed by atoms with van der Waals surface area (Å²) in [6, 6.07) is 7.21. The van der Waals surface area contributed by atoms with Gasteiger partial charge in [-0.25, -0.2) is 4.79 Å². The molecule has 5 nitrogen and oxygen atoms in total. The number of carboxylic acids is 1. The van der Waals surface area contributed by atoms with Crippen molar-refractivity contribution in [2.45, 2.75) is 13.2 Å². The van der Waals surface area contributed by atoms with Crippen LogP contribution in [-0.4, -0.2) is 17.7 Å². The van der Waals surface area contributed by atoms with Gasteiger partial charge in [0, 0.05) is 5.69 Å². The molecule has 0 amide bonds. The van der Waals surface area contributed by atoms with Crippen LogP contribution in [0.2, 0.25) is 0 Å². The van der Waals surface area contributed by atoms with Crippen molar-refractivity contribution in [3.05, 3.63) is 47.9 Å². The van der Waals surface area contributed by atoms with E-state index in [1.807, 2.05) is 0 Å². The molecule has 106 valence electrons. The van der Waals surface area contributed by atoms with Crippen molar-refractivity contribution in [3.63, 3.8) is 0 Å². The molecule has 0 saturated carbocycles. The molecule has 0 bridgehead atoms. The molecular weight excluding hydrogens is 272 g/mol. The van der Waals surface area contributed by atoms with Crippen LogP contribution < -0.4 is 10.1 Å². The Morgan fingerprint density at radius 3 is 2.60 bits per heavy atom. The third kappa shape index (κ3) is 3.47. The van der Waals surface area contributed by atoms with Gasteiger partial charge in [-0.1, -0.05) is 0 Å². The Balaban J connectivity index is 1.97. The summed E-state index contributed by atoms with van der Waals surface area (Å²) in [4.78, 5) is 10.9. The van der Waals surface area contributed by atoms with Crippen LogP contribution in [0.3, 0.4) is 0 Å². The number of anilines is 1. The molecule has 2 rings (SSSR count). The van der Waals surface area contributed by atoms with Crippen LogP contribution in [-0.2, 0) is 6.54 Å². The highest BCUT2D eigenvalue weighted by molar-refractivity contribution is 5.88. The highest BCUT2D eigenvalue weighted by Crippen LogP contribution is 2.19. The lowest BCUT2D eigenvalue weighted by Crippen LogP contribution is -2.05. The number of alkyl halides is 2. The molecule has 0 radical (unpaired) electrons. The first-order valence-corrected chi connectivity index (χ1v) is 5.64. The highest BCUT2D eigenvalue weighted by atomic mass is 19.3. The summed E-state index contributed by atoms with van der Waals surface area (Å²) in [5, 5.41) is 11.8. The van der Waals surface area contributed by atoms with Crippen LogP contribution in [0, 0.1) is 0 Å². The molecule has 0 unspecified atom stereocenters. The lowest BCUT2D eigenvalue weighted by molar-refractivity contribution is -0.0498. The second kappa shape index (κ2) is 6.05. The average molecular weight is 283 g/mol. The number of ether oxygens (including phenoxy) is 1. The first-order chi connectivity index (χ1) is 9.56. The number of carbonyl (C=O) groups is 1. The number of hydrogen-bond acceptors (Lipinski definition) is 4. The van der Waals surface area contributed by atoms with E-state index in [1.54, 1.807) is 12.1 Å². The van der Waals surface area contributed by atoms with Gasteiger partial charge in [-0.05, 0) is 30.3 Å². The van der Waals surface area contributed by atoms with Gasteiger partial charge in [0.15, 0.2) is 0 Å². The number of hydrogen-bond donors (Lipinski definition) is 2. The molecule has 1 aromatic carbocycles. The molecule has 2 N–H and O–H groups in total. The summed E-state index contributed by atoms with van der Waals surface area (Å²) in [5.41, 5.74) is 0.703. The van der Waals surface area contributed by atoms with Crippen LogP contribution in [0.1, 0.15) is 16.1 Å². The summed E-state index contributed by atoms with van der Waals surface area (Å²) < 4.78 is 33.2. The minimum atomic E-state index is -2.87. The molecule has 0 aliphatic carbocycles. The van der Waals surface area contributed by atoms with E-state index in [1.165, 1.54) is 24.5 Å². The van der Waals surface area contributed by atoms with Gasteiger partial charge in [-0.3, -0.25) is 0 Å². The van der Waals surface area contributed by atoms with E-state index in [0.717, 1.165) is 0 Å². The van der Waals surface area contributed by atoms with Crippen LogP contribution in [0.4, 0.5) is 14.5 Å². The SMILES string of the molecule is O=C(O)c1ccoc1CNc1ccc(OC(F)F)cc1. The van der Waals surface area contributed by atoms with Gasteiger partial charge in [0.1, 0.15) is 17.1 Å². The molecule has 1 aromatic heterocycles. The summed E-state index contributed by atoms with van der Waals surface area (Å²) in [6.45, 7) is -2.70. The predicted octanol–water partition coefficient (Wildman–Crippen LogP) is 3.19. The van der Waals surface area contributed by atoms with Gasteiger partial charge >= 0.3 is 12.6 Å². The third-order valence-corrected chi connectivity index (χ3v) is 2.51. The fourth-order valence-electron chi connectivity index (χ4n) is 1.60. The smallest absolute Gasteiger partial charge is 0.387 e. The van der Waals surface area contributed by atoms with Crippen molar-refractivity contribution in [2.75, 3.05) is 5.32 Å². The first kappa shape index (κ1) is 13.9. The Hall–Kier alpha value is -2.57. The molecule has 0 atom stereocenters. The second-order valence-electron chi connectivity index (χ2n) is 3.82.